The van der Waals surface area contributed by atoms with Crippen LogP contribution >= 0.6 is 11.6 Å². The number of aliphatic hydroxyl groups is 1. The number of carbonyl (C=O) groups excluding carboxylic acids is 1. The molecule has 0 radical (unpaired) electrons. The molecule has 2 rings (SSSR count). The summed E-state index contributed by atoms with van der Waals surface area (Å²) in [6, 6.07) is 6.98. The lowest BCUT2D eigenvalue weighted by atomic mass is 9.96. The molecule has 1 heterocycles. The molecule has 0 aliphatic heterocycles. The molecule has 0 aliphatic rings. The number of aromatic nitrogens is 2. The summed E-state index contributed by atoms with van der Waals surface area (Å²) < 4.78 is 0. The van der Waals surface area contributed by atoms with Crippen LogP contribution in [0.2, 0.25) is 5.02 Å². The quantitative estimate of drug-likeness (QED) is 0.907. The van der Waals surface area contributed by atoms with Gasteiger partial charge < -0.3 is 10.4 Å². The van der Waals surface area contributed by atoms with E-state index in [0.717, 1.165) is 5.69 Å². The normalized spacial score (nSPS) is 13.5. The number of halogens is 1. The second-order valence-electron chi connectivity index (χ2n) is 4.98. The van der Waals surface area contributed by atoms with Crippen LogP contribution in [0.3, 0.4) is 0 Å². The van der Waals surface area contributed by atoms with Gasteiger partial charge in [-0.1, -0.05) is 29.8 Å². The molecule has 21 heavy (non-hydrogen) atoms. The van der Waals surface area contributed by atoms with Crippen LogP contribution < -0.4 is 5.32 Å². The Morgan fingerprint density at radius 2 is 2.05 bits per heavy atom. The van der Waals surface area contributed by atoms with Crippen molar-refractivity contribution in [1.29, 1.82) is 0 Å². The van der Waals surface area contributed by atoms with Gasteiger partial charge in [0.15, 0.2) is 0 Å². The predicted molar refractivity (Wildman–Crippen MR) is 80.1 cm³/mol. The number of hydrogen-bond acceptors (Lipinski definition) is 4. The summed E-state index contributed by atoms with van der Waals surface area (Å²) in [7, 11) is 0. The van der Waals surface area contributed by atoms with Gasteiger partial charge in [0.05, 0.1) is 18.4 Å². The number of rotatable bonds is 4. The van der Waals surface area contributed by atoms with Gasteiger partial charge >= 0.3 is 0 Å². The van der Waals surface area contributed by atoms with Gasteiger partial charge in [-0.25, -0.2) is 4.98 Å². The van der Waals surface area contributed by atoms with E-state index in [9.17, 15) is 9.90 Å². The highest BCUT2D eigenvalue weighted by atomic mass is 35.5. The van der Waals surface area contributed by atoms with Gasteiger partial charge in [0.25, 0.3) is 5.91 Å². The summed E-state index contributed by atoms with van der Waals surface area (Å²) >= 11 is 6.06. The summed E-state index contributed by atoms with van der Waals surface area (Å²) in [5.41, 5.74) is 0.221. The molecule has 6 heteroatoms. The molecule has 5 nitrogen and oxygen atoms in total. The Morgan fingerprint density at radius 3 is 2.67 bits per heavy atom. The van der Waals surface area contributed by atoms with Crippen molar-refractivity contribution in [3.8, 4) is 0 Å². The van der Waals surface area contributed by atoms with E-state index in [-0.39, 0.29) is 12.2 Å². The van der Waals surface area contributed by atoms with Crippen LogP contribution in [-0.4, -0.2) is 27.5 Å². The van der Waals surface area contributed by atoms with Crippen LogP contribution in [0, 0.1) is 6.92 Å². The third kappa shape index (κ3) is 3.77. The van der Waals surface area contributed by atoms with E-state index < -0.39 is 11.5 Å². The molecule has 2 aromatic rings. The lowest BCUT2D eigenvalue weighted by molar-refractivity contribution is 0.0525. The molecule has 0 aliphatic carbocycles. The Kier molecular flexibility index (Phi) is 4.55. The molecule has 2 N–H and O–H groups in total. The van der Waals surface area contributed by atoms with E-state index in [1.165, 1.54) is 12.4 Å². The zero-order valence-electron chi connectivity index (χ0n) is 11.8. The highest BCUT2D eigenvalue weighted by molar-refractivity contribution is 6.31. The largest absolute Gasteiger partial charge is 0.384 e. The van der Waals surface area contributed by atoms with Crippen molar-refractivity contribution in [2.75, 3.05) is 6.54 Å². The topological polar surface area (TPSA) is 75.1 Å². The standard InChI is InChI=1S/C15H16ClN3O2/c1-10-7-18-13(8-17-10)14(20)19-9-15(2,21)11-5-3-4-6-12(11)16/h3-8,21H,9H2,1-2H3,(H,19,20)/t15-/m0/s1. The number of aryl methyl sites for hydroxylation is 1. The lowest BCUT2D eigenvalue weighted by Gasteiger charge is -2.25. The van der Waals surface area contributed by atoms with Crippen LogP contribution in [0.15, 0.2) is 36.7 Å². The fourth-order valence-corrected chi connectivity index (χ4v) is 2.19. The van der Waals surface area contributed by atoms with Gasteiger partial charge in [0, 0.05) is 16.8 Å². The van der Waals surface area contributed by atoms with Crippen molar-refractivity contribution >= 4 is 17.5 Å². The van der Waals surface area contributed by atoms with Gasteiger partial charge in [-0.05, 0) is 19.9 Å². The van der Waals surface area contributed by atoms with Crippen LogP contribution in [0.25, 0.3) is 0 Å². The lowest BCUT2D eigenvalue weighted by Crippen LogP contribution is -2.39. The molecule has 110 valence electrons. The van der Waals surface area contributed by atoms with Crippen LogP contribution in [-0.2, 0) is 5.60 Å². The zero-order chi connectivity index (χ0) is 15.5. The van der Waals surface area contributed by atoms with Crippen LogP contribution in [0.1, 0.15) is 28.7 Å². The molecule has 1 amide bonds. The second kappa shape index (κ2) is 6.20. The van der Waals surface area contributed by atoms with Gasteiger partial charge in [-0.15, -0.1) is 0 Å². The second-order valence-corrected chi connectivity index (χ2v) is 5.39. The molecule has 0 saturated carbocycles. The highest BCUT2D eigenvalue weighted by Gasteiger charge is 2.26. The Bertz CT molecular complexity index is 642. The monoisotopic (exact) mass is 305 g/mol. The van der Waals surface area contributed by atoms with E-state index in [2.05, 4.69) is 15.3 Å². The van der Waals surface area contributed by atoms with Crippen molar-refractivity contribution < 1.29 is 9.90 Å². The van der Waals surface area contributed by atoms with Crippen molar-refractivity contribution in [3.05, 3.63) is 58.6 Å². The van der Waals surface area contributed by atoms with Gasteiger partial charge in [0.2, 0.25) is 0 Å². The van der Waals surface area contributed by atoms with E-state index in [1.54, 1.807) is 38.1 Å². The molecule has 1 aromatic heterocycles. The minimum absolute atomic E-state index is 0.0190. The third-order valence-electron chi connectivity index (χ3n) is 3.06. The summed E-state index contributed by atoms with van der Waals surface area (Å²) in [5.74, 6) is -0.394. The molecule has 0 bridgehead atoms. The van der Waals surface area contributed by atoms with Gasteiger partial charge in [0.1, 0.15) is 11.3 Å². The van der Waals surface area contributed by atoms with Crippen molar-refractivity contribution in [1.82, 2.24) is 15.3 Å². The maximum atomic E-state index is 12.0. The average Bonchev–Trinajstić information content (AvgIpc) is 2.46. The van der Waals surface area contributed by atoms with Crippen LogP contribution in [0.5, 0.6) is 0 Å². The number of hydrogen-bond donors (Lipinski definition) is 2. The number of nitrogens with zero attached hydrogens (tertiary/aromatic N) is 2. The fourth-order valence-electron chi connectivity index (χ4n) is 1.85. The molecule has 0 fully saturated rings. The van der Waals surface area contributed by atoms with E-state index >= 15 is 0 Å². The van der Waals surface area contributed by atoms with Crippen molar-refractivity contribution in [3.63, 3.8) is 0 Å². The van der Waals surface area contributed by atoms with E-state index in [0.29, 0.717) is 10.6 Å². The SMILES string of the molecule is Cc1cnc(C(=O)NC[C@](C)(O)c2ccccc2Cl)cn1. The summed E-state index contributed by atoms with van der Waals surface area (Å²) in [5, 5.41) is 13.6. The van der Waals surface area contributed by atoms with Crippen molar-refractivity contribution in [2.45, 2.75) is 19.4 Å². The molecular weight excluding hydrogens is 290 g/mol. The summed E-state index contributed by atoms with van der Waals surface area (Å²) in [6.45, 7) is 3.40. The molecular formula is C15H16ClN3O2. The number of amides is 1. The first-order valence-electron chi connectivity index (χ1n) is 6.44. The summed E-state index contributed by atoms with van der Waals surface area (Å²) in [6.07, 6.45) is 2.91. The van der Waals surface area contributed by atoms with E-state index in [1.807, 2.05) is 0 Å². The van der Waals surface area contributed by atoms with Crippen molar-refractivity contribution in [2.24, 2.45) is 0 Å². The Hall–Kier alpha value is -1.98. The smallest absolute Gasteiger partial charge is 0.271 e. The number of nitrogens with one attached hydrogen (secondary N) is 1. The molecule has 0 unspecified atom stereocenters. The molecule has 1 atom stereocenters. The Labute approximate surface area is 128 Å². The molecule has 0 spiro atoms. The first kappa shape index (κ1) is 15.4. The number of carbonyl (C=O) groups is 1. The van der Waals surface area contributed by atoms with E-state index in [4.69, 9.17) is 11.6 Å². The Morgan fingerprint density at radius 1 is 1.33 bits per heavy atom. The minimum Gasteiger partial charge on any atom is -0.384 e. The third-order valence-corrected chi connectivity index (χ3v) is 3.39. The van der Waals surface area contributed by atoms with Gasteiger partial charge in [-0.3, -0.25) is 9.78 Å². The predicted octanol–water partition coefficient (Wildman–Crippen LogP) is 2.08. The summed E-state index contributed by atoms with van der Waals surface area (Å²) in [4.78, 5) is 20.0. The van der Waals surface area contributed by atoms with Crippen LogP contribution in [0.4, 0.5) is 0 Å². The number of benzene rings is 1. The Balaban J connectivity index is 2.06. The maximum Gasteiger partial charge on any atom is 0.271 e. The first-order valence-corrected chi connectivity index (χ1v) is 6.82. The zero-order valence-corrected chi connectivity index (χ0v) is 12.6. The molecule has 1 aromatic carbocycles. The maximum absolute atomic E-state index is 12.0. The van der Waals surface area contributed by atoms with Gasteiger partial charge in [-0.2, -0.15) is 0 Å². The minimum atomic E-state index is -1.27. The highest BCUT2D eigenvalue weighted by Crippen LogP contribution is 2.27. The average molecular weight is 306 g/mol. The first-order chi connectivity index (χ1) is 9.90. The molecule has 0 saturated heterocycles. The fraction of sp³-hybridized carbons (Fsp3) is 0.267.